The van der Waals surface area contributed by atoms with E-state index in [1.165, 1.54) is 24.8 Å². The molecule has 28 heavy (non-hydrogen) atoms. The number of amides is 1. The summed E-state index contributed by atoms with van der Waals surface area (Å²) in [6.07, 6.45) is 1.35. The number of nitrogens with zero attached hydrogens (tertiary/aromatic N) is 4. The summed E-state index contributed by atoms with van der Waals surface area (Å²) in [5.74, 6) is -0.417. The standard InChI is InChI=1S/C18H13ClF3N5O/c1-10(14-15(24-6-5-23-14)16-25-3-2-4-26-16)27-17(28)11-7-12(18(20,21)22)9-13(19)8-11/h2-10H,1H3,(H,27,28). The molecule has 6 nitrogen and oxygen atoms in total. The summed E-state index contributed by atoms with van der Waals surface area (Å²) in [7, 11) is 0. The maximum atomic E-state index is 13.0. The molecular formula is C18H13ClF3N5O. The molecule has 144 valence electrons. The third-order valence-corrected chi connectivity index (χ3v) is 3.97. The number of halogens is 4. The highest BCUT2D eigenvalue weighted by atomic mass is 35.5. The monoisotopic (exact) mass is 407 g/mol. The van der Waals surface area contributed by atoms with Gasteiger partial charge in [-0.3, -0.25) is 9.78 Å². The molecule has 0 saturated carbocycles. The minimum atomic E-state index is -4.62. The van der Waals surface area contributed by atoms with Crippen LogP contribution in [0.3, 0.4) is 0 Å². The van der Waals surface area contributed by atoms with Crippen LogP contribution in [0.4, 0.5) is 13.2 Å². The van der Waals surface area contributed by atoms with Gasteiger partial charge in [-0.25, -0.2) is 15.0 Å². The van der Waals surface area contributed by atoms with Crippen LogP contribution in [-0.2, 0) is 6.18 Å². The van der Waals surface area contributed by atoms with Crippen molar-refractivity contribution < 1.29 is 18.0 Å². The molecule has 0 saturated heterocycles. The zero-order chi connectivity index (χ0) is 20.3. The lowest BCUT2D eigenvalue weighted by Gasteiger charge is -2.16. The van der Waals surface area contributed by atoms with Crippen LogP contribution in [0.25, 0.3) is 11.5 Å². The van der Waals surface area contributed by atoms with E-state index in [2.05, 4.69) is 25.3 Å². The van der Waals surface area contributed by atoms with Crippen LogP contribution in [0, 0.1) is 0 Å². The predicted octanol–water partition coefficient (Wildman–Crippen LogP) is 4.10. The molecule has 0 aliphatic heterocycles. The van der Waals surface area contributed by atoms with Crippen LogP contribution in [0.5, 0.6) is 0 Å². The van der Waals surface area contributed by atoms with Gasteiger partial charge in [0.05, 0.1) is 17.3 Å². The van der Waals surface area contributed by atoms with Crippen LogP contribution in [0.2, 0.25) is 5.02 Å². The summed E-state index contributed by atoms with van der Waals surface area (Å²) in [5.41, 5.74) is -0.484. The molecule has 2 aromatic heterocycles. The number of carbonyl (C=O) groups excluding carboxylic acids is 1. The zero-order valence-electron chi connectivity index (χ0n) is 14.4. The molecule has 1 atom stereocenters. The lowest BCUT2D eigenvalue weighted by molar-refractivity contribution is -0.137. The maximum Gasteiger partial charge on any atom is 0.416 e. The van der Waals surface area contributed by atoms with Crippen molar-refractivity contribution in [1.29, 1.82) is 0 Å². The number of alkyl halides is 3. The molecule has 3 rings (SSSR count). The Hall–Kier alpha value is -3.07. The Bertz CT molecular complexity index is 998. The molecule has 10 heteroatoms. The number of aromatic nitrogens is 4. The average molecular weight is 408 g/mol. The van der Waals surface area contributed by atoms with Crippen molar-refractivity contribution in [3.8, 4) is 11.5 Å². The summed E-state index contributed by atoms with van der Waals surface area (Å²) < 4.78 is 38.9. The van der Waals surface area contributed by atoms with E-state index in [4.69, 9.17) is 11.6 Å². The van der Waals surface area contributed by atoms with Gasteiger partial charge >= 0.3 is 6.18 Å². The largest absolute Gasteiger partial charge is 0.416 e. The van der Waals surface area contributed by atoms with E-state index < -0.39 is 23.7 Å². The number of carbonyl (C=O) groups is 1. The Morgan fingerprint density at radius 3 is 2.39 bits per heavy atom. The van der Waals surface area contributed by atoms with Gasteiger partial charge in [-0.05, 0) is 31.2 Å². The fourth-order valence-corrected chi connectivity index (χ4v) is 2.73. The Morgan fingerprint density at radius 1 is 1.04 bits per heavy atom. The van der Waals surface area contributed by atoms with Gasteiger partial charge in [0, 0.05) is 35.4 Å². The second kappa shape index (κ2) is 7.89. The van der Waals surface area contributed by atoms with Gasteiger partial charge in [-0.1, -0.05) is 11.6 Å². The summed E-state index contributed by atoms with van der Waals surface area (Å²) in [6, 6.07) is 3.63. The normalized spacial score (nSPS) is 12.5. The van der Waals surface area contributed by atoms with Crippen molar-refractivity contribution in [2.45, 2.75) is 19.1 Å². The van der Waals surface area contributed by atoms with Gasteiger partial charge in [0.25, 0.3) is 5.91 Å². The summed E-state index contributed by atoms with van der Waals surface area (Å²) in [5, 5.41) is 2.42. The number of benzene rings is 1. The van der Waals surface area contributed by atoms with Gasteiger partial charge in [0.1, 0.15) is 5.69 Å². The molecule has 2 heterocycles. The molecular weight excluding hydrogens is 395 g/mol. The van der Waals surface area contributed by atoms with Gasteiger partial charge in [-0.2, -0.15) is 13.2 Å². The Morgan fingerprint density at radius 2 is 1.71 bits per heavy atom. The molecule has 3 aromatic rings. The summed E-state index contributed by atoms with van der Waals surface area (Å²) in [6.45, 7) is 1.63. The van der Waals surface area contributed by atoms with E-state index in [1.54, 1.807) is 13.0 Å². The molecule has 1 amide bonds. The van der Waals surface area contributed by atoms with Crippen molar-refractivity contribution in [3.63, 3.8) is 0 Å². The number of nitrogens with one attached hydrogen (secondary N) is 1. The zero-order valence-corrected chi connectivity index (χ0v) is 15.2. The van der Waals surface area contributed by atoms with Crippen molar-refractivity contribution in [2.75, 3.05) is 0 Å². The smallest absolute Gasteiger partial charge is 0.344 e. The SMILES string of the molecule is CC(NC(=O)c1cc(Cl)cc(C(F)(F)F)c1)c1nccnc1-c1ncccn1. The number of hydrogen-bond acceptors (Lipinski definition) is 5. The van der Waals surface area contributed by atoms with Crippen LogP contribution < -0.4 is 5.32 Å². The molecule has 0 radical (unpaired) electrons. The van der Waals surface area contributed by atoms with Gasteiger partial charge in [0.2, 0.25) is 0 Å². The first-order valence-corrected chi connectivity index (χ1v) is 8.40. The van der Waals surface area contributed by atoms with Gasteiger partial charge in [-0.15, -0.1) is 0 Å². The van der Waals surface area contributed by atoms with E-state index in [0.717, 1.165) is 18.2 Å². The average Bonchev–Trinajstić information content (AvgIpc) is 2.67. The Kier molecular flexibility index (Phi) is 5.55. The highest BCUT2D eigenvalue weighted by molar-refractivity contribution is 6.31. The van der Waals surface area contributed by atoms with Crippen LogP contribution in [0.15, 0.2) is 49.1 Å². The van der Waals surface area contributed by atoms with Crippen molar-refractivity contribution in [1.82, 2.24) is 25.3 Å². The Balaban J connectivity index is 1.88. The van der Waals surface area contributed by atoms with E-state index in [-0.39, 0.29) is 10.6 Å². The topological polar surface area (TPSA) is 80.7 Å². The fourth-order valence-electron chi connectivity index (χ4n) is 2.49. The first-order chi connectivity index (χ1) is 13.3. The predicted molar refractivity (Wildman–Crippen MR) is 95.4 cm³/mol. The molecule has 1 unspecified atom stereocenters. The minimum Gasteiger partial charge on any atom is -0.344 e. The van der Waals surface area contributed by atoms with Crippen LogP contribution in [0.1, 0.15) is 34.6 Å². The van der Waals surface area contributed by atoms with Crippen LogP contribution in [-0.4, -0.2) is 25.8 Å². The van der Waals surface area contributed by atoms with E-state index >= 15 is 0 Å². The summed E-state index contributed by atoms with van der Waals surface area (Å²) >= 11 is 5.74. The van der Waals surface area contributed by atoms with Crippen molar-refractivity contribution in [2.24, 2.45) is 0 Å². The molecule has 0 aliphatic carbocycles. The van der Waals surface area contributed by atoms with Crippen molar-refractivity contribution in [3.05, 3.63) is 70.9 Å². The maximum absolute atomic E-state index is 13.0. The van der Waals surface area contributed by atoms with Crippen LogP contribution >= 0.6 is 11.6 Å². The van der Waals surface area contributed by atoms with E-state index in [0.29, 0.717) is 17.2 Å². The quantitative estimate of drug-likeness (QED) is 0.704. The first kappa shape index (κ1) is 19.7. The van der Waals surface area contributed by atoms with E-state index in [1.807, 2.05) is 0 Å². The first-order valence-electron chi connectivity index (χ1n) is 8.02. The van der Waals surface area contributed by atoms with E-state index in [9.17, 15) is 18.0 Å². The van der Waals surface area contributed by atoms with Gasteiger partial charge < -0.3 is 5.32 Å². The lowest BCUT2D eigenvalue weighted by Crippen LogP contribution is -2.28. The fraction of sp³-hybridized carbons (Fsp3) is 0.167. The highest BCUT2D eigenvalue weighted by Gasteiger charge is 2.32. The summed E-state index contributed by atoms with van der Waals surface area (Å²) in [4.78, 5) is 29.1. The lowest BCUT2D eigenvalue weighted by atomic mass is 10.1. The second-order valence-electron chi connectivity index (χ2n) is 5.78. The molecule has 1 N–H and O–H groups in total. The molecule has 0 aliphatic rings. The third kappa shape index (κ3) is 4.42. The highest BCUT2D eigenvalue weighted by Crippen LogP contribution is 2.32. The number of hydrogen-bond donors (Lipinski definition) is 1. The molecule has 0 spiro atoms. The molecule has 0 bridgehead atoms. The second-order valence-corrected chi connectivity index (χ2v) is 6.22. The third-order valence-electron chi connectivity index (χ3n) is 3.75. The molecule has 1 aromatic carbocycles. The number of rotatable bonds is 4. The molecule has 0 fully saturated rings. The minimum absolute atomic E-state index is 0.189. The van der Waals surface area contributed by atoms with Crippen molar-refractivity contribution >= 4 is 17.5 Å². The Labute approximate surface area is 162 Å². The van der Waals surface area contributed by atoms with Gasteiger partial charge in [0.15, 0.2) is 5.82 Å².